The van der Waals surface area contributed by atoms with Crippen molar-refractivity contribution in [3.63, 3.8) is 0 Å². The molecule has 3 nitrogen and oxygen atoms in total. The maximum absolute atomic E-state index is 6.25. The quantitative estimate of drug-likeness (QED) is 0.462. The van der Waals surface area contributed by atoms with Gasteiger partial charge in [0.2, 0.25) is 0 Å². The minimum atomic E-state index is 0.503. The van der Waals surface area contributed by atoms with Crippen molar-refractivity contribution in [1.29, 1.82) is 0 Å². The van der Waals surface area contributed by atoms with Gasteiger partial charge in [-0.15, -0.1) is 0 Å². The SMILES string of the molecule is CCCCCCCNCc1cc(Cl)cc(OC)c1OCc1ccccc1. The molecular formula is C22H30ClNO2. The van der Waals surface area contributed by atoms with Crippen molar-refractivity contribution in [2.24, 2.45) is 0 Å². The predicted molar refractivity (Wildman–Crippen MR) is 109 cm³/mol. The molecule has 0 heterocycles. The van der Waals surface area contributed by atoms with Gasteiger partial charge in [-0.25, -0.2) is 0 Å². The largest absolute Gasteiger partial charge is 0.493 e. The van der Waals surface area contributed by atoms with Crippen LogP contribution in [0.3, 0.4) is 0 Å². The highest BCUT2D eigenvalue weighted by Gasteiger charge is 2.13. The Hall–Kier alpha value is -1.71. The molecule has 0 radical (unpaired) electrons. The van der Waals surface area contributed by atoms with Gasteiger partial charge in [0.25, 0.3) is 0 Å². The summed E-state index contributed by atoms with van der Waals surface area (Å²) in [5, 5.41) is 4.16. The van der Waals surface area contributed by atoms with E-state index < -0.39 is 0 Å². The first-order valence-electron chi connectivity index (χ1n) is 9.48. The van der Waals surface area contributed by atoms with Gasteiger partial charge < -0.3 is 14.8 Å². The molecule has 2 aromatic rings. The minimum Gasteiger partial charge on any atom is -0.493 e. The van der Waals surface area contributed by atoms with Crippen molar-refractivity contribution >= 4 is 11.6 Å². The Balaban J connectivity index is 1.96. The van der Waals surface area contributed by atoms with Crippen LogP contribution in [-0.2, 0) is 13.2 Å². The molecule has 0 amide bonds. The molecule has 0 bridgehead atoms. The molecular weight excluding hydrogens is 346 g/mol. The van der Waals surface area contributed by atoms with Gasteiger partial charge in [-0.05, 0) is 24.6 Å². The number of halogens is 1. The van der Waals surface area contributed by atoms with Gasteiger partial charge in [0.1, 0.15) is 6.61 Å². The summed E-state index contributed by atoms with van der Waals surface area (Å²) in [4.78, 5) is 0. The van der Waals surface area contributed by atoms with E-state index in [-0.39, 0.29) is 0 Å². The van der Waals surface area contributed by atoms with Crippen molar-refractivity contribution in [3.05, 3.63) is 58.6 Å². The fourth-order valence-electron chi connectivity index (χ4n) is 2.88. The summed E-state index contributed by atoms with van der Waals surface area (Å²) < 4.78 is 11.6. The summed E-state index contributed by atoms with van der Waals surface area (Å²) in [7, 11) is 1.64. The lowest BCUT2D eigenvalue weighted by Gasteiger charge is -2.16. The molecule has 26 heavy (non-hydrogen) atoms. The molecule has 2 aromatic carbocycles. The zero-order valence-electron chi connectivity index (χ0n) is 15.9. The molecule has 0 aliphatic rings. The highest BCUT2D eigenvalue weighted by Crippen LogP contribution is 2.35. The molecule has 0 unspecified atom stereocenters. The van der Waals surface area contributed by atoms with Gasteiger partial charge >= 0.3 is 0 Å². The number of benzene rings is 2. The molecule has 1 N–H and O–H groups in total. The number of nitrogens with one attached hydrogen (secondary N) is 1. The van der Waals surface area contributed by atoms with E-state index in [2.05, 4.69) is 24.4 Å². The molecule has 0 saturated carbocycles. The lowest BCUT2D eigenvalue weighted by atomic mass is 10.1. The molecule has 2 rings (SSSR count). The van der Waals surface area contributed by atoms with Crippen LogP contribution in [0.5, 0.6) is 11.5 Å². The fourth-order valence-corrected chi connectivity index (χ4v) is 3.11. The monoisotopic (exact) mass is 375 g/mol. The molecule has 0 spiro atoms. The third kappa shape index (κ3) is 6.89. The van der Waals surface area contributed by atoms with Crippen molar-refractivity contribution < 1.29 is 9.47 Å². The standard InChI is InChI=1S/C22H30ClNO2/c1-3-4-5-6-10-13-24-16-19-14-20(23)15-21(25-2)22(19)26-17-18-11-8-7-9-12-18/h7-9,11-12,14-15,24H,3-6,10,13,16-17H2,1-2H3. The van der Waals surface area contributed by atoms with Gasteiger partial charge in [0.15, 0.2) is 11.5 Å². The second kappa shape index (κ2) is 11.8. The van der Waals surface area contributed by atoms with Crippen LogP contribution in [0.25, 0.3) is 0 Å². The lowest BCUT2D eigenvalue weighted by Crippen LogP contribution is -2.16. The van der Waals surface area contributed by atoms with Crippen LogP contribution in [0, 0.1) is 0 Å². The number of hydrogen-bond donors (Lipinski definition) is 1. The Bertz CT molecular complexity index is 646. The van der Waals surface area contributed by atoms with Crippen LogP contribution in [0.4, 0.5) is 0 Å². The normalized spacial score (nSPS) is 10.7. The Morgan fingerprint density at radius 2 is 1.77 bits per heavy atom. The van der Waals surface area contributed by atoms with E-state index in [4.69, 9.17) is 21.1 Å². The number of methoxy groups -OCH3 is 1. The van der Waals surface area contributed by atoms with Gasteiger partial charge in [-0.2, -0.15) is 0 Å². The molecule has 142 valence electrons. The van der Waals surface area contributed by atoms with Gasteiger partial charge in [-0.3, -0.25) is 0 Å². The average molecular weight is 376 g/mol. The van der Waals surface area contributed by atoms with Crippen LogP contribution in [0.2, 0.25) is 5.02 Å². The van der Waals surface area contributed by atoms with E-state index in [1.165, 1.54) is 32.1 Å². The second-order valence-electron chi connectivity index (χ2n) is 6.46. The first kappa shape index (κ1) is 20.6. The Morgan fingerprint density at radius 1 is 1.00 bits per heavy atom. The van der Waals surface area contributed by atoms with Crippen LogP contribution in [0.1, 0.15) is 50.2 Å². The first-order valence-corrected chi connectivity index (χ1v) is 9.86. The number of rotatable bonds is 12. The van der Waals surface area contributed by atoms with E-state index in [0.717, 1.165) is 30.0 Å². The number of hydrogen-bond acceptors (Lipinski definition) is 3. The van der Waals surface area contributed by atoms with Crippen LogP contribution in [-0.4, -0.2) is 13.7 Å². The molecule has 0 saturated heterocycles. The maximum Gasteiger partial charge on any atom is 0.166 e. The molecule has 0 aliphatic carbocycles. The van der Waals surface area contributed by atoms with Gasteiger partial charge in [0, 0.05) is 23.2 Å². The molecule has 0 aromatic heterocycles. The van der Waals surface area contributed by atoms with Crippen LogP contribution in [0.15, 0.2) is 42.5 Å². The summed E-state index contributed by atoms with van der Waals surface area (Å²) >= 11 is 6.25. The zero-order chi connectivity index (χ0) is 18.6. The maximum atomic E-state index is 6.25. The fraction of sp³-hybridized carbons (Fsp3) is 0.455. The third-order valence-corrected chi connectivity index (χ3v) is 4.53. The Kier molecular flexibility index (Phi) is 9.36. The first-order chi connectivity index (χ1) is 12.7. The van der Waals surface area contributed by atoms with E-state index in [0.29, 0.717) is 17.4 Å². The molecule has 0 atom stereocenters. The highest BCUT2D eigenvalue weighted by atomic mass is 35.5. The topological polar surface area (TPSA) is 30.5 Å². The second-order valence-corrected chi connectivity index (χ2v) is 6.90. The van der Waals surface area contributed by atoms with Crippen molar-refractivity contribution in [3.8, 4) is 11.5 Å². The zero-order valence-corrected chi connectivity index (χ0v) is 16.6. The smallest absolute Gasteiger partial charge is 0.166 e. The van der Waals surface area contributed by atoms with E-state index in [1.807, 2.05) is 24.3 Å². The minimum absolute atomic E-state index is 0.503. The van der Waals surface area contributed by atoms with E-state index in [1.54, 1.807) is 13.2 Å². The molecule has 4 heteroatoms. The summed E-state index contributed by atoms with van der Waals surface area (Å²) in [5.41, 5.74) is 2.15. The van der Waals surface area contributed by atoms with Crippen LogP contribution >= 0.6 is 11.6 Å². The Labute approximate surface area is 162 Å². The number of ether oxygens (including phenoxy) is 2. The molecule has 0 aliphatic heterocycles. The number of unbranched alkanes of at least 4 members (excludes halogenated alkanes) is 4. The summed E-state index contributed by atoms with van der Waals surface area (Å²) in [6.07, 6.45) is 6.38. The predicted octanol–water partition coefficient (Wildman–Crippen LogP) is 5.99. The van der Waals surface area contributed by atoms with Crippen LogP contribution < -0.4 is 14.8 Å². The third-order valence-electron chi connectivity index (χ3n) is 4.32. The molecule has 0 fully saturated rings. The van der Waals surface area contributed by atoms with E-state index >= 15 is 0 Å². The summed E-state index contributed by atoms with van der Waals surface area (Å²) in [5.74, 6) is 1.44. The summed E-state index contributed by atoms with van der Waals surface area (Å²) in [6, 6.07) is 13.9. The van der Waals surface area contributed by atoms with Gasteiger partial charge in [0.05, 0.1) is 7.11 Å². The van der Waals surface area contributed by atoms with Crippen molar-refractivity contribution in [1.82, 2.24) is 5.32 Å². The Morgan fingerprint density at radius 3 is 2.50 bits per heavy atom. The van der Waals surface area contributed by atoms with Crippen molar-refractivity contribution in [2.45, 2.75) is 52.2 Å². The lowest BCUT2D eigenvalue weighted by molar-refractivity contribution is 0.280. The summed E-state index contributed by atoms with van der Waals surface area (Å²) in [6.45, 7) is 4.45. The van der Waals surface area contributed by atoms with E-state index in [9.17, 15) is 0 Å². The highest BCUT2D eigenvalue weighted by molar-refractivity contribution is 6.30. The average Bonchev–Trinajstić information content (AvgIpc) is 2.66. The van der Waals surface area contributed by atoms with Gasteiger partial charge in [-0.1, -0.05) is 74.5 Å². The van der Waals surface area contributed by atoms with Crippen molar-refractivity contribution in [2.75, 3.05) is 13.7 Å².